The van der Waals surface area contributed by atoms with E-state index in [1.165, 1.54) is 43.1 Å². The normalized spacial score (nSPS) is 13.7. The molecule has 10 heteroatoms. The molecule has 0 bridgehead atoms. The fraction of sp³-hybridized carbons (Fsp3) is 0.167. The molecule has 28 heavy (non-hydrogen) atoms. The number of halogens is 2. The summed E-state index contributed by atoms with van der Waals surface area (Å²) in [4.78, 5) is 30.6. The first-order chi connectivity index (χ1) is 13.6. The second kappa shape index (κ2) is 7.73. The molecule has 1 N–H and O–H groups in total. The largest absolute Gasteiger partial charge is 0.487 e. The first kappa shape index (κ1) is 18.1. The molecule has 1 aliphatic rings. The zero-order chi connectivity index (χ0) is 19.5. The van der Waals surface area contributed by atoms with Crippen molar-refractivity contribution in [1.29, 1.82) is 0 Å². The van der Waals surface area contributed by atoms with Gasteiger partial charge in [0.1, 0.15) is 29.8 Å². The van der Waals surface area contributed by atoms with Crippen LogP contribution in [0.3, 0.4) is 0 Å². The van der Waals surface area contributed by atoms with E-state index in [9.17, 15) is 9.18 Å². The van der Waals surface area contributed by atoms with Crippen molar-refractivity contribution < 1.29 is 13.9 Å². The molecule has 0 spiro atoms. The number of benzene rings is 1. The number of anilines is 2. The summed E-state index contributed by atoms with van der Waals surface area (Å²) in [5, 5.41) is 2.67. The number of carbonyl (C=O) groups is 1. The Kier molecular flexibility index (Phi) is 4.98. The summed E-state index contributed by atoms with van der Waals surface area (Å²) in [6, 6.07) is 5.79. The SMILES string of the molecule is O=C(Nc1ccncn1)c1nccnc1N1CC(Oc2ccc(F)c(Cl)c2)C1. The average Bonchev–Trinajstić information content (AvgIpc) is 2.68. The molecule has 8 nitrogen and oxygen atoms in total. The molecule has 0 atom stereocenters. The summed E-state index contributed by atoms with van der Waals surface area (Å²) in [5.74, 6) is 0.386. The molecule has 2 aromatic heterocycles. The highest BCUT2D eigenvalue weighted by atomic mass is 35.5. The lowest BCUT2D eigenvalue weighted by molar-refractivity contribution is 0.102. The van der Waals surface area contributed by atoms with Gasteiger partial charge in [0.05, 0.1) is 18.1 Å². The Bertz CT molecular complexity index is 1000. The number of aromatic nitrogens is 4. The van der Waals surface area contributed by atoms with Crippen molar-refractivity contribution in [3.05, 3.63) is 65.7 Å². The van der Waals surface area contributed by atoms with Crippen LogP contribution >= 0.6 is 11.6 Å². The minimum Gasteiger partial charge on any atom is -0.487 e. The van der Waals surface area contributed by atoms with Gasteiger partial charge in [0, 0.05) is 24.7 Å². The van der Waals surface area contributed by atoms with Crippen LogP contribution in [0.1, 0.15) is 10.5 Å². The van der Waals surface area contributed by atoms with Crippen LogP contribution in [-0.4, -0.2) is 45.0 Å². The fourth-order valence-electron chi connectivity index (χ4n) is 2.69. The van der Waals surface area contributed by atoms with E-state index in [4.69, 9.17) is 16.3 Å². The van der Waals surface area contributed by atoms with Crippen LogP contribution in [0.15, 0.2) is 49.2 Å². The van der Waals surface area contributed by atoms with Crippen LogP contribution < -0.4 is 15.0 Å². The quantitative estimate of drug-likeness (QED) is 0.703. The van der Waals surface area contributed by atoms with Crippen molar-refractivity contribution in [2.24, 2.45) is 0 Å². The van der Waals surface area contributed by atoms with Gasteiger partial charge in [-0.15, -0.1) is 0 Å². The maximum Gasteiger partial charge on any atom is 0.279 e. The van der Waals surface area contributed by atoms with E-state index in [2.05, 4.69) is 25.3 Å². The van der Waals surface area contributed by atoms with Gasteiger partial charge in [0.2, 0.25) is 0 Å². The number of hydrogen-bond donors (Lipinski definition) is 1. The molecule has 1 aromatic carbocycles. The monoisotopic (exact) mass is 400 g/mol. The van der Waals surface area contributed by atoms with Crippen molar-refractivity contribution in [3.63, 3.8) is 0 Å². The molecule has 1 saturated heterocycles. The number of ether oxygens (including phenoxy) is 1. The van der Waals surface area contributed by atoms with Crippen LogP contribution in [0, 0.1) is 5.82 Å². The van der Waals surface area contributed by atoms with Gasteiger partial charge in [-0.3, -0.25) is 4.79 Å². The van der Waals surface area contributed by atoms with Crippen molar-refractivity contribution in [2.75, 3.05) is 23.3 Å². The van der Waals surface area contributed by atoms with Crippen molar-refractivity contribution in [3.8, 4) is 5.75 Å². The van der Waals surface area contributed by atoms with Crippen LogP contribution in [0.5, 0.6) is 5.75 Å². The molecule has 4 rings (SSSR count). The number of nitrogens with one attached hydrogen (secondary N) is 1. The molecular formula is C18H14ClFN6O2. The summed E-state index contributed by atoms with van der Waals surface area (Å²) in [5.41, 5.74) is 0.185. The Morgan fingerprint density at radius 3 is 2.75 bits per heavy atom. The van der Waals surface area contributed by atoms with Crippen molar-refractivity contribution >= 4 is 29.1 Å². The average molecular weight is 401 g/mol. The summed E-state index contributed by atoms with van der Waals surface area (Å²) in [7, 11) is 0. The molecule has 3 aromatic rings. The Morgan fingerprint density at radius 1 is 1.18 bits per heavy atom. The Hall–Kier alpha value is -3.33. The number of amides is 1. The van der Waals surface area contributed by atoms with Gasteiger partial charge in [0.25, 0.3) is 5.91 Å². The van der Waals surface area contributed by atoms with E-state index >= 15 is 0 Å². The van der Waals surface area contributed by atoms with Crippen molar-refractivity contribution in [2.45, 2.75) is 6.10 Å². The van der Waals surface area contributed by atoms with Crippen LogP contribution in [-0.2, 0) is 0 Å². The third-order valence-corrected chi connectivity index (χ3v) is 4.35. The maximum atomic E-state index is 13.2. The molecule has 0 saturated carbocycles. The molecule has 0 radical (unpaired) electrons. The minimum absolute atomic E-state index is 0.00582. The predicted molar refractivity (Wildman–Crippen MR) is 100 cm³/mol. The van der Waals surface area contributed by atoms with Gasteiger partial charge in [0.15, 0.2) is 11.5 Å². The summed E-state index contributed by atoms with van der Waals surface area (Å²) in [6.07, 6.45) is 5.70. The summed E-state index contributed by atoms with van der Waals surface area (Å²) < 4.78 is 19.0. The molecule has 1 fully saturated rings. The maximum absolute atomic E-state index is 13.2. The number of rotatable bonds is 5. The lowest BCUT2D eigenvalue weighted by Crippen LogP contribution is -2.54. The standard InChI is InChI=1S/C18H14ClFN6O2/c19-13-7-11(1-2-14(13)20)28-12-8-26(9-12)17-16(22-5-6-23-17)18(27)25-15-3-4-21-10-24-15/h1-7,10,12H,8-9H2,(H,21,24,25,27). The van der Waals surface area contributed by atoms with E-state index in [0.717, 1.165) is 0 Å². The van der Waals surface area contributed by atoms with Crippen molar-refractivity contribution in [1.82, 2.24) is 19.9 Å². The molecule has 3 heterocycles. The highest BCUT2D eigenvalue weighted by Crippen LogP contribution is 2.27. The molecule has 142 valence electrons. The second-order valence-corrected chi connectivity index (χ2v) is 6.41. The lowest BCUT2D eigenvalue weighted by atomic mass is 10.1. The van der Waals surface area contributed by atoms with Gasteiger partial charge >= 0.3 is 0 Å². The van der Waals surface area contributed by atoms with E-state index < -0.39 is 11.7 Å². The van der Waals surface area contributed by atoms with E-state index in [1.54, 1.807) is 6.07 Å². The highest BCUT2D eigenvalue weighted by Gasteiger charge is 2.33. The van der Waals surface area contributed by atoms with E-state index in [1.807, 2.05) is 4.90 Å². The van der Waals surface area contributed by atoms with Gasteiger partial charge < -0.3 is 15.0 Å². The van der Waals surface area contributed by atoms with Gasteiger partial charge in [-0.1, -0.05) is 11.6 Å². The van der Waals surface area contributed by atoms with Gasteiger partial charge in [-0.25, -0.2) is 24.3 Å². The van der Waals surface area contributed by atoms with Gasteiger partial charge in [-0.2, -0.15) is 0 Å². The smallest absolute Gasteiger partial charge is 0.279 e. The third kappa shape index (κ3) is 3.84. The van der Waals surface area contributed by atoms with Gasteiger partial charge in [-0.05, 0) is 18.2 Å². The third-order valence-electron chi connectivity index (χ3n) is 4.06. The number of nitrogens with zero attached hydrogens (tertiary/aromatic N) is 5. The van der Waals surface area contributed by atoms with E-state index in [-0.39, 0.29) is 16.8 Å². The molecular weight excluding hydrogens is 387 g/mol. The van der Waals surface area contributed by atoms with Crippen LogP contribution in [0.2, 0.25) is 5.02 Å². The molecule has 0 unspecified atom stereocenters. The highest BCUT2D eigenvalue weighted by molar-refractivity contribution is 6.30. The Morgan fingerprint density at radius 2 is 2.00 bits per heavy atom. The minimum atomic E-state index is -0.497. The predicted octanol–water partition coefficient (Wildman–Crippen LogP) is 2.58. The topological polar surface area (TPSA) is 93.1 Å². The number of carbonyl (C=O) groups excluding carboxylic acids is 1. The zero-order valence-electron chi connectivity index (χ0n) is 14.4. The number of hydrogen-bond acceptors (Lipinski definition) is 7. The fourth-order valence-corrected chi connectivity index (χ4v) is 2.86. The van der Waals surface area contributed by atoms with Crippen LogP contribution in [0.4, 0.5) is 16.0 Å². The Labute approximate surface area is 164 Å². The van der Waals surface area contributed by atoms with E-state index in [0.29, 0.717) is 30.5 Å². The van der Waals surface area contributed by atoms with Crippen LogP contribution in [0.25, 0.3) is 0 Å². The molecule has 1 aliphatic heterocycles. The summed E-state index contributed by atoms with van der Waals surface area (Å²) in [6.45, 7) is 1.00. The Balaban J connectivity index is 1.42. The zero-order valence-corrected chi connectivity index (χ0v) is 15.2. The first-order valence-corrected chi connectivity index (χ1v) is 8.73. The second-order valence-electron chi connectivity index (χ2n) is 6.00. The molecule has 0 aliphatic carbocycles. The summed E-state index contributed by atoms with van der Waals surface area (Å²) >= 11 is 5.77. The lowest BCUT2D eigenvalue weighted by Gasteiger charge is -2.40. The molecule has 1 amide bonds. The first-order valence-electron chi connectivity index (χ1n) is 8.35.